The van der Waals surface area contributed by atoms with Crippen molar-refractivity contribution in [3.63, 3.8) is 0 Å². The van der Waals surface area contributed by atoms with Gasteiger partial charge < -0.3 is 29.1 Å². The summed E-state index contributed by atoms with van der Waals surface area (Å²) < 4.78 is 59.6. The number of H-pyrrole nitrogens is 1. The Balaban J connectivity index is 0.000000328. The number of benzene rings is 4. The van der Waals surface area contributed by atoms with E-state index >= 15 is 0 Å². The normalized spacial score (nSPS) is 14.3. The van der Waals surface area contributed by atoms with Crippen molar-refractivity contribution in [2.75, 3.05) is 13.2 Å². The summed E-state index contributed by atoms with van der Waals surface area (Å²) in [6, 6.07) is 22.6. The second-order valence-corrected chi connectivity index (χ2v) is 21.4. The van der Waals surface area contributed by atoms with Gasteiger partial charge in [0.2, 0.25) is 5.91 Å². The third-order valence-electron chi connectivity index (χ3n) is 12.7. The molecule has 3 aromatic heterocycles. The number of aryl methyl sites for hydroxylation is 3. The number of imide groups is 1. The SMILES string of the molecule is C.C.C.CC(C=O)CCc1c[nH]c2ccc(F)cc12.CC(CCc1cn(C(=O)OC(C)(C)C)c2ccc(F)cc12)C(=O)N1C(=O)OCC1Cc1ccccc1.CC(CO)CCc1cn(C(=O)OC(C)(C)C)c2ccc(F)cc12. The van der Waals surface area contributed by atoms with E-state index < -0.39 is 41.2 Å². The molecule has 2 N–H and O–H groups in total. The van der Waals surface area contributed by atoms with Gasteiger partial charge in [0.15, 0.2) is 0 Å². The van der Waals surface area contributed by atoms with Crippen LogP contribution in [0.2, 0.25) is 0 Å². The number of aliphatic hydroxyl groups excluding tert-OH is 1. The lowest BCUT2D eigenvalue weighted by atomic mass is 9.98. The molecule has 4 unspecified atom stereocenters. The Morgan fingerprint density at radius 1 is 0.705 bits per heavy atom. The Morgan fingerprint density at radius 2 is 1.19 bits per heavy atom. The van der Waals surface area contributed by atoms with E-state index in [2.05, 4.69) is 4.98 Å². The minimum atomic E-state index is -0.685. The van der Waals surface area contributed by atoms with Gasteiger partial charge in [-0.3, -0.25) is 13.9 Å². The number of hydrogen-bond acceptors (Lipinski definition) is 9. The number of amides is 2. The van der Waals surface area contributed by atoms with Gasteiger partial charge in [0.1, 0.15) is 41.5 Å². The number of hydrogen-bond donors (Lipinski definition) is 2. The van der Waals surface area contributed by atoms with Crippen molar-refractivity contribution in [3.05, 3.63) is 143 Å². The summed E-state index contributed by atoms with van der Waals surface area (Å²) in [5, 5.41) is 11.4. The van der Waals surface area contributed by atoms with Crippen LogP contribution in [-0.2, 0) is 49.5 Å². The van der Waals surface area contributed by atoms with Gasteiger partial charge in [-0.1, -0.05) is 73.4 Å². The Bertz CT molecular complexity index is 3110. The van der Waals surface area contributed by atoms with Crippen molar-refractivity contribution in [1.29, 1.82) is 0 Å². The summed E-state index contributed by atoms with van der Waals surface area (Å²) in [7, 11) is 0. The van der Waals surface area contributed by atoms with Crippen molar-refractivity contribution in [2.24, 2.45) is 17.8 Å². The number of carbonyl (C=O) groups excluding carboxylic acids is 5. The van der Waals surface area contributed by atoms with E-state index in [1.807, 2.05) is 50.4 Å². The zero-order valence-electron chi connectivity index (χ0n) is 44.3. The van der Waals surface area contributed by atoms with E-state index in [0.29, 0.717) is 47.5 Å². The number of aldehydes is 1. The molecular formula is C62H81F3N4O9. The molecule has 0 saturated carbocycles. The van der Waals surface area contributed by atoms with Crippen LogP contribution in [0.15, 0.2) is 104 Å². The molecule has 16 heteroatoms. The van der Waals surface area contributed by atoms with E-state index in [1.54, 1.807) is 79.1 Å². The van der Waals surface area contributed by atoms with E-state index in [9.17, 15) is 37.1 Å². The summed E-state index contributed by atoms with van der Waals surface area (Å²) in [5.41, 5.74) is 4.51. The molecule has 424 valence electrons. The number of aromatic amines is 1. The third kappa shape index (κ3) is 17.4. The molecule has 0 aliphatic carbocycles. The van der Waals surface area contributed by atoms with Crippen molar-refractivity contribution >= 4 is 63.2 Å². The molecule has 13 nitrogen and oxygen atoms in total. The monoisotopic (exact) mass is 1080 g/mol. The molecule has 0 spiro atoms. The number of cyclic esters (lactones) is 1. The average Bonchev–Trinajstić information content (AvgIpc) is 4.14. The van der Waals surface area contributed by atoms with Crippen molar-refractivity contribution in [3.8, 4) is 0 Å². The van der Waals surface area contributed by atoms with Gasteiger partial charge in [0.05, 0.1) is 17.1 Å². The summed E-state index contributed by atoms with van der Waals surface area (Å²) in [4.78, 5) is 65.6. The maximum atomic E-state index is 14.1. The fourth-order valence-electron chi connectivity index (χ4n) is 8.67. The van der Waals surface area contributed by atoms with Crippen LogP contribution in [-0.4, -0.2) is 85.1 Å². The highest BCUT2D eigenvalue weighted by Gasteiger charge is 2.39. The first-order valence-electron chi connectivity index (χ1n) is 25.4. The lowest BCUT2D eigenvalue weighted by molar-refractivity contribution is -0.133. The highest BCUT2D eigenvalue weighted by atomic mass is 19.1. The number of fused-ring (bicyclic) bond motifs is 3. The van der Waals surface area contributed by atoms with Crippen LogP contribution in [0.4, 0.5) is 27.6 Å². The second kappa shape index (κ2) is 28.4. The van der Waals surface area contributed by atoms with E-state index in [0.717, 1.165) is 58.7 Å². The van der Waals surface area contributed by atoms with Crippen LogP contribution in [0.1, 0.15) is 126 Å². The lowest BCUT2D eigenvalue weighted by Crippen LogP contribution is -2.43. The summed E-state index contributed by atoms with van der Waals surface area (Å²) in [5.74, 6) is -1.56. The number of nitrogens with one attached hydrogen (secondary N) is 1. The predicted octanol–water partition coefficient (Wildman–Crippen LogP) is 14.8. The van der Waals surface area contributed by atoms with Crippen LogP contribution in [0.25, 0.3) is 32.7 Å². The lowest BCUT2D eigenvalue weighted by Gasteiger charge is -2.23. The zero-order valence-corrected chi connectivity index (χ0v) is 44.3. The molecule has 1 saturated heterocycles. The molecule has 4 atom stereocenters. The van der Waals surface area contributed by atoms with Gasteiger partial charge in [-0.05, 0) is 169 Å². The van der Waals surface area contributed by atoms with Crippen LogP contribution in [0.3, 0.4) is 0 Å². The summed E-state index contributed by atoms with van der Waals surface area (Å²) >= 11 is 0. The number of aromatic nitrogens is 3. The molecule has 7 aromatic rings. The molecule has 0 radical (unpaired) electrons. The van der Waals surface area contributed by atoms with Gasteiger partial charge in [-0.2, -0.15) is 0 Å². The Labute approximate surface area is 458 Å². The number of aliphatic hydroxyl groups is 1. The molecule has 8 rings (SSSR count). The Kier molecular flexibility index (Phi) is 23.7. The fraction of sp³-hybridized carbons (Fsp3) is 0.435. The van der Waals surface area contributed by atoms with Crippen molar-refractivity contribution in [1.82, 2.24) is 19.0 Å². The number of halogens is 3. The van der Waals surface area contributed by atoms with Crippen molar-refractivity contribution < 1.29 is 56.5 Å². The van der Waals surface area contributed by atoms with E-state index in [1.165, 1.54) is 50.4 Å². The van der Waals surface area contributed by atoms with Crippen LogP contribution >= 0.6 is 0 Å². The first-order valence-corrected chi connectivity index (χ1v) is 25.4. The molecular weight excluding hydrogens is 1000 g/mol. The molecule has 78 heavy (non-hydrogen) atoms. The highest BCUT2D eigenvalue weighted by Crippen LogP contribution is 2.29. The van der Waals surface area contributed by atoms with Crippen molar-refractivity contribution in [2.45, 2.75) is 147 Å². The Hall–Kier alpha value is -7.20. The molecule has 2 amide bonds. The summed E-state index contributed by atoms with van der Waals surface area (Å²) in [6.07, 6.45) is 8.89. The van der Waals surface area contributed by atoms with Crippen LogP contribution < -0.4 is 0 Å². The first kappa shape index (κ1) is 65.1. The predicted molar refractivity (Wildman–Crippen MR) is 303 cm³/mol. The van der Waals surface area contributed by atoms with Gasteiger partial charge in [-0.15, -0.1) is 0 Å². The second-order valence-electron chi connectivity index (χ2n) is 21.4. The molecule has 1 aliphatic rings. The van der Waals surface area contributed by atoms with Crippen LogP contribution in [0, 0.1) is 35.2 Å². The Morgan fingerprint density at radius 3 is 1.69 bits per heavy atom. The van der Waals surface area contributed by atoms with Gasteiger partial charge >= 0.3 is 18.3 Å². The maximum Gasteiger partial charge on any atom is 0.419 e. The standard InChI is InChI=1S/C28H31FN2O5.C18H24FNO3.C13H14FNO.3CH4/c1-18(25(32)31-22(17-35-27(31)34)14-19-8-6-5-7-9-19)10-11-20-16-30(26(33)36-28(2,3)4)24-13-12-21(29)15-23(20)24;1-12(11-21)5-6-13-10-20(17(22)23-18(2,3)4)16-8-7-14(19)9-15(13)16;1-9(8-16)2-3-10-7-15-13-5-4-11(14)6-12(10)13;;;/h5-9,12-13,15-16,18,22H,10-11,14,17H2,1-4H3;7-10,12,21H,5-6,11H2,1-4H3;4-9,15H,2-3H2,1H3;3*1H4. The molecule has 1 fully saturated rings. The molecule has 0 bridgehead atoms. The van der Waals surface area contributed by atoms with Crippen LogP contribution in [0.5, 0.6) is 0 Å². The maximum absolute atomic E-state index is 14.1. The molecule has 4 aromatic carbocycles. The number of carbonyl (C=O) groups is 5. The topological polar surface area (TPSA) is 162 Å². The van der Waals surface area contributed by atoms with E-state index in [-0.39, 0.29) is 70.9 Å². The fourth-order valence-corrected chi connectivity index (χ4v) is 8.67. The largest absolute Gasteiger partial charge is 0.447 e. The first-order chi connectivity index (χ1) is 35.4. The van der Waals surface area contributed by atoms with Gasteiger partial charge in [0.25, 0.3) is 0 Å². The molecule has 1 aliphatic heterocycles. The number of ether oxygens (including phenoxy) is 3. The number of nitrogens with zero attached hydrogens (tertiary/aromatic N) is 3. The highest BCUT2D eigenvalue weighted by molar-refractivity contribution is 5.95. The van der Waals surface area contributed by atoms with Gasteiger partial charge in [0, 0.05) is 58.7 Å². The minimum absolute atomic E-state index is 0. The molecule has 4 heterocycles. The zero-order chi connectivity index (χ0) is 54.8. The quantitative estimate of drug-likeness (QED) is 0.0797. The minimum Gasteiger partial charge on any atom is -0.447 e. The van der Waals surface area contributed by atoms with E-state index in [4.69, 9.17) is 19.3 Å². The number of rotatable bonds is 14. The average molecular weight is 1080 g/mol. The summed E-state index contributed by atoms with van der Waals surface area (Å²) in [6.45, 7) is 16.6. The smallest absolute Gasteiger partial charge is 0.419 e. The third-order valence-corrected chi connectivity index (χ3v) is 12.7. The van der Waals surface area contributed by atoms with Gasteiger partial charge in [-0.25, -0.2) is 32.5 Å².